The number of hydrogen-bond donors (Lipinski definition) is 3. The summed E-state index contributed by atoms with van der Waals surface area (Å²) < 4.78 is 5.40. The van der Waals surface area contributed by atoms with Crippen molar-refractivity contribution in [1.29, 1.82) is 0 Å². The first kappa shape index (κ1) is 22.3. The summed E-state index contributed by atoms with van der Waals surface area (Å²) in [5.74, 6) is -1.47. The lowest BCUT2D eigenvalue weighted by Gasteiger charge is -2.20. The van der Waals surface area contributed by atoms with Crippen molar-refractivity contribution < 1.29 is 24.2 Å². The Bertz CT molecular complexity index is 934. The second-order valence-electron chi connectivity index (χ2n) is 8.66. The predicted octanol–water partition coefficient (Wildman–Crippen LogP) is 3.53. The standard InChI is InChI=1S/C24H28N2O5/c1-24(2,3)22(29)25-13-12-20(21(27)28)26-23(30)31-14-19-17-10-6-4-8-15(17)16-9-5-7-11-18(16)19/h4-11,19-20H,12-14H2,1-3H3,(H,25,29)(H,26,30)(H,27,28)/t20-/m0/s1. The summed E-state index contributed by atoms with van der Waals surface area (Å²) in [5, 5.41) is 14.5. The molecular weight excluding hydrogens is 396 g/mol. The van der Waals surface area contributed by atoms with Crippen LogP contribution in [0.15, 0.2) is 48.5 Å². The highest BCUT2D eigenvalue weighted by Crippen LogP contribution is 2.44. The van der Waals surface area contributed by atoms with Gasteiger partial charge in [-0.05, 0) is 28.7 Å². The van der Waals surface area contributed by atoms with Gasteiger partial charge in [0.2, 0.25) is 5.91 Å². The van der Waals surface area contributed by atoms with Crippen LogP contribution in [-0.4, -0.2) is 42.3 Å². The number of hydrogen-bond acceptors (Lipinski definition) is 4. The molecule has 3 rings (SSSR count). The first-order valence-electron chi connectivity index (χ1n) is 10.3. The van der Waals surface area contributed by atoms with Crippen LogP contribution in [0.5, 0.6) is 0 Å². The van der Waals surface area contributed by atoms with Crippen molar-refractivity contribution in [3.8, 4) is 11.1 Å². The zero-order valence-electron chi connectivity index (χ0n) is 18.0. The number of carboxylic acid groups (broad SMARTS) is 1. The fourth-order valence-corrected chi connectivity index (χ4v) is 3.63. The molecule has 0 aliphatic heterocycles. The fraction of sp³-hybridized carbons (Fsp3) is 0.375. The van der Waals surface area contributed by atoms with Crippen LogP contribution in [0.2, 0.25) is 0 Å². The molecule has 2 aromatic carbocycles. The Hall–Kier alpha value is -3.35. The molecule has 1 atom stereocenters. The van der Waals surface area contributed by atoms with E-state index in [-0.39, 0.29) is 31.4 Å². The number of carbonyl (C=O) groups is 3. The van der Waals surface area contributed by atoms with Crippen LogP contribution >= 0.6 is 0 Å². The average Bonchev–Trinajstić information content (AvgIpc) is 3.04. The van der Waals surface area contributed by atoms with Gasteiger partial charge in [0.25, 0.3) is 0 Å². The van der Waals surface area contributed by atoms with Gasteiger partial charge in [-0.25, -0.2) is 9.59 Å². The fourth-order valence-electron chi connectivity index (χ4n) is 3.63. The monoisotopic (exact) mass is 424 g/mol. The lowest BCUT2D eigenvalue weighted by Crippen LogP contribution is -2.44. The highest BCUT2D eigenvalue weighted by atomic mass is 16.5. The summed E-state index contributed by atoms with van der Waals surface area (Å²) in [6.07, 6.45) is -0.738. The quantitative estimate of drug-likeness (QED) is 0.631. The summed E-state index contributed by atoms with van der Waals surface area (Å²) >= 11 is 0. The molecule has 1 aliphatic rings. The maximum absolute atomic E-state index is 12.3. The van der Waals surface area contributed by atoms with Gasteiger partial charge < -0.3 is 20.5 Å². The molecule has 0 aromatic heterocycles. The zero-order valence-corrected chi connectivity index (χ0v) is 18.0. The van der Waals surface area contributed by atoms with Gasteiger partial charge >= 0.3 is 12.1 Å². The largest absolute Gasteiger partial charge is 0.480 e. The number of nitrogens with one attached hydrogen (secondary N) is 2. The molecule has 0 spiro atoms. The third-order valence-electron chi connectivity index (χ3n) is 5.33. The van der Waals surface area contributed by atoms with Crippen molar-refractivity contribution >= 4 is 18.0 Å². The number of benzene rings is 2. The Labute approximate surface area is 181 Å². The lowest BCUT2D eigenvalue weighted by molar-refractivity contribution is -0.139. The van der Waals surface area contributed by atoms with E-state index >= 15 is 0 Å². The van der Waals surface area contributed by atoms with E-state index in [1.165, 1.54) is 0 Å². The highest BCUT2D eigenvalue weighted by molar-refractivity contribution is 5.82. The smallest absolute Gasteiger partial charge is 0.407 e. The second-order valence-corrected chi connectivity index (χ2v) is 8.66. The van der Waals surface area contributed by atoms with E-state index in [9.17, 15) is 19.5 Å². The molecule has 0 bridgehead atoms. The minimum absolute atomic E-state index is 0.0569. The van der Waals surface area contributed by atoms with Crippen LogP contribution in [0.4, 0.5) is 4.79 Å². The molecule has 164 valence electrons. The molecule has 0 fully saturated rings. The van der Waals surface area contributed by atoms with Gasteiger partial charge in [-0.1, -0.05) is 69.3 Å². The van der Waals surface area contributed by atoms with Gasteiger partial charge in [-0.3, -0.25) is 4.79 Å². The van der Waals surface area contributed by atoms with Crippen LogP contribution in [-0.2, 0) is 14.3 Å². The molecule has 31 heavy (non-hydrogen) atoms. The minimum Gasteiger partial charge on any atom is -0.480 e. The van der Waals surface area contributed by atoms with E-state index in [0.717, 1.165) is 22.3 Å². The van der Waals surface area contributed by atoms with E-state index in [0.29, 0.717) is 0 Å². The predicted molar refractivity (Wildman–Crippen MR) is 117 cm³/mol. The van der Waals surface area contributed by atoms with Gasteiger partial charge in [0.05, 0.1) is 0 Å². The number of aliphatic carboxylic acids is 1. The van der Waals surface area contributed by atoms with E-state index in [1.807, 2.05) is 48.5 Å². The molecule has 0 radical (unpaired) electrons. The first-order valence-corrected chi connectivity index (χ1v) is 10.3. The van der Waals surface area contributed by atoms with Gasteiger partial charge in [-0.15, -0.1) is 0 Å². The summed E-state index contributed by atoms with van der Waals surface area (Å²) in [6.45, 7) is 5.55. The van der Waals surface area contributed by atoms with E-state index in [2.05, 4.69) is 10.6 Å². The molecule has 0 heterocycles. The van der Waals surface area contributed by atoms with Gasteiger partial charge in [0, 0.05) is 17.9 Å². The van der Waals surface area contributed by atoms with E-state index in [1.54, 1.807) is 20.8 Å². The molecule has 3 N–H and O–H groups in total. The number of carbonyl (C=O) groups excluding carboxylic acids is 2. The van der Waals surface area contributed by atoms with E-state index in [4.69, 9.17) is 4.74 Å². The van der Waals surface area contributed by atoms with Crippen molar-refractivity contribution in [1.82, 2.24) is 10.6 Å². The summed E-state index contributed by atoms with van der Waals surface area (Å²) in [6, 6.07) is 14.8. The molecule has 7 heteroatoms. The topological polar surface area (TPSA) is 105 Å². The second kappa shape index (κ2) is 9.20. The van der Waals surface area contributed by atoms with Crippen molar-refractivity contribution in [2.75, 3.05) is 13.2 Å². The highest BCUT2D eigenvalue weighted by Gasteiger charge is 2.30. The number of fused-ring (bicyclic) bond motifs is 3. The Morgan fingerprint density at radius 1 is 1.00 bits per heavy atom. The number of alkyl carbamates (subject to hydrolysis) is 1. The zero-order chi connectivity index (χ0) is 22.6. The number of amides is 2. The Balaban J connectivity index is 1.57. The summed E-state index contributed by atoms with van der Waals surface area (Å²) in [7, 11) is 0. The third kappa shape index (κ3) is 5.23. The molecular formula is C24H28N2O5. The Morgan fingerprint density at radius 2 is 1.55 bits per heavy atom. The van der Waals surface area contributed by atoms with Crippen LogP contribution in [0.25, 0.3) is 11.1 Å². The van der Waals surface area contributed by atoms with E-state index < -0.39 is 23.5 Å². The molecule has 2 amide bonds. The van der Waals surface area contributed by atoms with Crippen molar-refractivity contribution in [3.05, 3.63) is 59.7 Å². The van der Waals surface area contributed by atoms with Gasteiger partial charge in [-0.2, -0.15) is 0 Å². The number of rotatable bonds is 7. The Kier molecular flexibility index (Phi) is 6.63. The van der Waals surface area contributed by atoms with Gasteiger partial charge in [0.15, 0.2) is 0 Å². The van der Waals surface area contributed by atoms with Crippen LogP contribution in [0.1, 0.15) is 44.2 Å². The van der Waals surface area contributed by atoms with Crippen LogP contribution in [0.3, 0.4) is 0 Å². The Morgan fingerprint density at radius 3 is 2.06 bits per heavy atom. The molecule has 2 aromatic rings. The minimum atomic E-state index is -1.18. The average molecular weight is 424 g/mol. The maximum Gasteiger partial charge on any atom is 0.407 e. The number of ether oxygens (including phenoxy) is 1. The van der Waals surface area contributed by atoms with Crippen molar-refractivity contribution in [2.45, 2.75) is 39.2 Å². The van der Waals surface area contributed by atoms with Crippen LogP contribution in [0, 0.1) is 5.41 Å². The van der Waals surface area contributed by atoms with Crippen LogP contribution < -0.4 is 10.6 Å². The molecule has 0 saturated heterocycles. The SMILES string of the molecule is CC(C)(C)C(=O)NCC[C@H](NC(=O)OCC1c2ccccc2-c2ccccc21)C(=O)O. The van der Waals surface area contributed by atoms with Gasteiger partial charge in [0.1, 0.15) is 12.6 Å². The summed E-state index contributed by atoms with van der Waals surface area (Å²) in [5.41, 5.74) is 3.82. The lowest BCUT2D eigenvalue weighted by atomic mass is 9.95. The van der Waals surface area contributed by atoms with Crippen molar-refractivity contribution in [3.63, 3.8) is 0 Å². The normalized spacial score (nSPS) is 13.6. The molecule has 7 nitrogen and oxygen atoms in total. The molecule has 0 saturated carbocycles. The summed E-state index contributed by atoms with van der Waals surface area (Å²) in [4.78, 5) is 35.7. The van der Waals surface area contributed by atoms with Crippen molar-refractivity contribution in [2.24, 2.45) is 5.41 Å². The first-order chi connectivity index (χ1) is 14.7. The molecule has 0 unspecified atom stereocenters. The third-order valence-corrected chi connectivity index (χ3v) is 5.33. The molecule has 1 aliphatic carbocycles. The maximum atomic E-state index is 12.3. The number of carboxylic acids is 1.